The van der Waals surface area contributed by atoms with Gasteiger partial charge in [0.05, 0.1) is 0 Å². The van der Waals surface area contributed by atoms with E-state index in [1.807, 2.05) is 6.92 Å². The Morgan fingerprint density at radius 3 is 2.65 bits per heavy atom. The van der Waals surface area contributed by atoms with Crippen LogP contribution in [0.4, 0.5) is 8.78 Å². The van der Waals surface area contributed by atoms with Crippen LogP contribution in [0.3, 0.4) is 0 Å². The predicted molar refractivity (Wildman–Crippen MR) is 112 cm³/mol. The van der Waals surface area contributed by atoms with Crippen molar-refractivity contribution in [3.63, 3.8) is 0 Å². The van der Waals surface area contributed by atoms with Crippen LogP contribution in [0, 0.1) is 17.0 Å². The maximum absolute atomic E-state index is 13.7. The Morgan fingerprint density at radius 2 is 2.04 bits per heavy atom. The molecule has 1 saturated carbocycles. The highest BCUT2D eigenvalue weighted by Crippen LogP contribution is 2.44. The van der Waals surface area contributed by atoms with E-state index >= 15 is 0 Å². The Labute approximate surface area is 172 Å². The van der Waals surface area contributed by atoms with Gasteiger partial charge in [0.15, 0.2) is 5.96 Å². The summed E-state index contributed by atoms with van der Waals surface area (Å²) in [6.45, 7) is 4.79. The highest BCUT2D eigenvalue weighted by molar-refractivity contribution is 14.0. The maximum atomic E-state index is 13.7. The summed E-state index contributed by atoms with van der Waals surface area (Å²) < 4.78 is 32.1. The van der Waals surface area contributed by atoms with Crippen LogP contribution in [0.1, 0.15) is 38.2 Å². The molecule has 1 aromatic carbocycles. The second-order valence-corrected chi connectivity index (χ2v) is 6.70. The minimum Gasteiger partial charge on any atom is -0.385 e. The monoisotopic (exact) mass is 481 g/mol. The van der Waals surface area contributed by atoms with E-state index in [4.69, 9.17) is 9.73 Å². The zero-order valence-corrected chi connectivity index (χ0v) is 17.9. The number of rotatable bonds is 9. The first-order chi connectivity index (χ1) is 12.1. The molecule has 0 aliphatic heterocycles. The number of nitrogens with one attached hydrogen (secondary N) is 2. The van der Waals surface area contributed by atoms with Gasteiger partial charge in [-0.05, 0) is 61.8 Å². The zero-order chi connectivity index (χ0) is 18.1. The van der Waals surface area contributed by atoms with Crippen molar-refractivity contribution >= 4 is 29.9 Å². The molecule has 1 aliphatic carbocycles. The molecule has 0 spiro atoms. The molecule has 2 N–H and O–H groups in total. The highest BCUT2D eigenvalue weighted by atomic mass is 127. The van der Waals surface area contributed by atoms with Gasteiger partial charge in [-0.1, -0.05) is 6.42 Å². The van der Waals surface area contributed by atoms with Crippen LogP contribution < -0.4 is 10.6 Å². The maximum Gasteiger partial charge on any atom is 0.191 e. The Kier molecular flexibility index (Phi) is 10.4. The number of hydrogen-bond donors (Lipinski definition) is 2. The molecule has 7 heteroatoms. The van der Waals surface area contributed by atoms with Crippen LogP contribution in [0.5, 0.6) is 0 Å². The zero-order valence-electron chi connectivity index (χ0n) is 15.6. The topological polar surface area (TPSA) is 45.7 Å². The number of methoxy groups -OCH3 is 1. The van der Waals surface area contributed by atoms with E-state index in [0.29, 0.717) is 18.5 Å². The van der Waals surface area contributed by atoms with Crippen LogP contribution in [0.25, 0.3) is 0 Å². The Morgan fingerprint density at radius 1 is 1.27 bits per heavy atom. The van der Waals surface area contributed by atoms with Crippen LogP contribution in [0.2, 0.25) is 0 Å². The fraction of sp³-hybridized carbons (Fsp3) is 0.632. The number of hydrogen-bond acceptors (Lipinski definition) is 2. The van der Waals surface area contributed by atoms with Gasteiger partial charge in [0, 0.05) is 33.4 Å². The summed E-state index contributed by atoms with van der Waals surface area (Å²) in [7, 11) is 1.73. The fourth-order valence-corrected chi connectivity index (χ4v) is 3.12. The average molecular weight is 481 g/mol. The molecular weight excluding hydrogens is 451 g/mol. The molecule has 0 unspecified atom stereocenters. The molecule has 2 rings (SSSR count). The van der Waals surface area contributed by atoms with Gasteiger partial charge in [0.1, 0.15) is 11.6 Å². The first-order valence-corrected chi connectivity index (χ1v) is 9.03. The Bertz CT molecular complexity index is 580. The van der Waals surface area contributed by atoms with E-state index in [-0.39, 0.29) is 35.2 Å². The van der Waals surface area contributed by atoms with E-state index in [0.717, 1.165) is 38.1 Å². The third-order valence-electron chi connectivity index (χ3n) is 4.86. The summed E-state index contributed by atoms with van der Waals surface area (Å²) in [4.78, 5) is 4.70. The summed E-state index contributed by atoms with van der Waals surface area (Å²) in [5, 5.41) is 6.42. The van der Waals surface area contributed by atoms with Crippen molar-refractivity contribution in [2.24, 2.45) is 10.4 Å². The van der Waals surface area contributed by atoms with Gasteiger partial charge in [-0.3, -0.25) is 4.99 Å². The fourth-order valence-electron chi connectivity index (χ4n) is 3.12. The molecule has 0 bridgehead atoms. The van der Waals surface area contributed by atoms with Crippen LogP contribution in [-0.4, -0.2) is 39.3 Å². The quantitative estimate of drug-likeness (QED) is 0.320. The van der Waals surface area contributed by atoms with Gasteiger partial charge in [-0.2, -0.15) is 0 Å². The smallest absolute Gasteiger partial charge is 0.191 e. The molecule has 26 heavy (non-hydrogen) atoms. The minimum absolute atomic E-state index is 0. The lowest BCUT2D eigenvalue weighted by atomic mass is 9.67. The van der Waals surface area contributed by atoms with Crippen molar-refractivity contribution in [3.05, 3.63) is 35.4 Å². The molecule has 0 aromatic heterocycles. The molecule has 0 radical (unpaired) electrons. The standard InChI is InChI=1S/C19H29F2N3O.HI/c1-3-22-18(24-14-19(8-4-9-19)10-12-25-2)23-11-7-15-13-16(20)5-6-17(15)21;/h5-6,13H,3-4,7-12,14H2,1-2H3,(H2,22,23,24);1H. The second kappa shape index (κ2) is 11.7. The summed E-state index contributed by atoms with van der Waals surface area (Å²) >= 11 is 0. The largest absolute Gasteiger partial charge is 0.385 e. The summed E-state index contributed by atoms with van der Waals surface area (Å²) in [6, 6.07) is 3.55. The van der Waals surface area contributed by atoms with Crippen LogP contribution >= 0.6 is 24.0 Å². The average Bonchev–Trinajstić information content (AvgIpc) is 2.56. The molecular formula is C19H30F2IN3O. The minimum atomic E-state index is -0.415. The van der Waals surface area contributed by atoms with Gasteiger partial charge >= 0.3 is 0 Å². The molecule has 1 aliphatic rings. The van der Waals surface area contributed by atoms with Crippen molar-refractivity contribution in [1.29, 1.82) is 0 Å². The van der Waals surface area contributed by atoms with E-state index in [9.17, 15) is 8.78 Å². The molecule has 0 atom stereocenters. The first kappa shape index (κ1) is 23.1. The molecule has 148 valence electrons. The van der Waals surface area contributed by atoms with Gasteiger partial charge in [0.25, 0.3) is 0 Å². The number of aliphatic imine (C=N–C) groups is 1. The molecule has 0 heterocycles. The molecule has 0 saturated heterocycles. The number of halogens is 3. The van der Waals surface area contributed by atoms with Crippen molar-refractivity contribution in [1.82, 2.24) is 10.6 Å². The van der Waals surface area contributed by atoms with E-state index in [2.05, 4.69) is 10.6 Å². The van der Waals surface area contributed by atoms with E-state index < -0.39 is 5.82 Å². The SMILES string of the molecule is CCNC(=NCC1(CCOC)CCC1)NCCc1cc(F)ccc1F.I. The van der Waals surface area contributed by atoms with Crippen molar-refractivity contribution in [2.45, 2.75) is 39.0 Å². The number of ether oxygens (including phenoxy) is 1. The van der Waals surface area contributed by atoms with Crippen molar-refractivity contribution < 1.29 is 13.5 Å². The Hall–Kier alpha value is -0.960. The first-order valence-electron chi connectivity index (χ1n) is 9.03. The predicted octanol–water partition coefficient (Wildman–Crippen LogP) is 3.89. The molecule has 4 nitrogen and oxygen atoms in total. The number of guanidine groups is 1. The van der Waals surface area contributed by atoms with Crippen molar-refractivity contribution in [2.75, 3.05) is 33.4 Å². The lowest BCUT2D eigenvalue weighted by Gasteiger charge is -2.40. The van der Waals surface area contributed by atoms with Crippen molar-refractivity contribution in [3.8, 4) is 0 Å². The third kappa shape index (κ3) is 6.98. The van der Waals surface area contributed by atoms with E-state index in [1.54, 1.807) is 7.11 Å². The highest BCUT2D eigenvalue weighted by Gasteiger charge is 2.36. The lowest BCUT2D eigenvalue weighted by Crippen LogP contribution is -2.41. The Balaban J connectivity index is 0.00000338. The summed E-state index contributed by atoms with van der Waals surface area (Å²) in [5.41, 5.74) is 0.631. The number of benzene rings is 1. The second-order valence-electron chi connectivity index (χ2n) is 6.70. The van der Waals surface area contributed by atoms with Gasteiger partial charge < -0.3 is 15.4 Å². The number of nitrogens with zero attached hydrogens (tertiary/aromatic N) is 1. The molecule has 1 fully saturated rings. The molecule has 0 amide bonds. The summed E-state index contributed by atoms with van der Waals surface area (Å²) in [5.74, 6) is -0.0665. The third-order valence-corrected chi connectivity index (χ3v) is 4.86. The van der Waals surface area contributed by atoms with Gasteiger partial charge in [0.2, 0.25) is 0 Å². The van der Waals surface area contributed by atoms with Gasteiger partial charge in [-0.25, -0.2) is 8.78 Å². The van der Waals surface area contributed by atoms with Gasteiger partial charge in [-0.15, -0.1) is 24.0 Å². The van der Waals surface area contributed by atoms with E-state index in [1.165, 1.54) is 31.4 Å². The van der Waals surface area contributed by atoms with Crippen LogP contribution in [0.15, 0.2) is 23.2 Å². The normalized spacial score (nSPS) is 15.8. The lowest BCUT2D eigenvalue weighted by molar-refractivity contribution is 0.0778. The van der Waals surface area contributed by atoms with Crippen LogP contribution in [-0.2, 0) is 11.2 Å². The summed E-state index contributed by atoms with van der Waals surface area (Å²) in [6.07, 6.45) is 5.06. The molecule has 1 aromatic rings.